The Labute approximate surface area is 178 Å². The molecule has 2 aromatic carbocycles. The zero-order valence-corrected chi connectivity index (χ0v) is 17.2. The molecule has 1 aliphatic carbocycles. The van der Waals surface area contributed by atoms with Crippen molar-refractivity contribution < 1.29 is 22.6 Å². The van der Waals surface area contributed by atoms with Crippen LogP contribution in [0.5, 0.6) is 11.5 Å². The first-order chi connectivity index (χ1) is 14.1. The highest BCUT2D eigenvalue weighted by molar-refractivity contribution is 6.30. The predicted octanol–water partition coefficient (Wildman–Crippen LogP) is 7.02. The van der Waals surface area contributed by atoms with Crippen LogP contribution < -0.4 is 4.74 Å². The molecule has 1 aliphatic rings. The van der Waals surface area contributed by atoms with Crippen molar-refractivity contribution in [3.8, 4) is 17.6 Å². The average Bonchev–Trinajstić information content (AvgIpc) is 3.21. The molecule has 3 rings (SSSR count). The summed E-state index contributed by atoms with van der Waals surface area (Å²) in [5, 5.41) is 8.42. The summed E-state index contributed by atoms with van der Waals surface area (Å²) in [6.07, 6.45) is -4.37. The fourth-order valence-corrected chi connectivity index (χ4v) is 3.60. The van der Waals surface area contributed by atoms with Gasteiger partial charge in [0.1, 0.15) is 16.5 Å². The van der Waals surface area contributed by atoms with E-state index in [1.54, 1.807) is 24.3 Å². The van der Waals surface area contributed by atoms with Gasteiger partial charge in [-0.15, -0.1) is 0 Å². The summed E-state index contributed by atoms with van der Waals surface area (Å²) in [5.74, 6) is 0.707. The van der Waals surface area contributed by atoms with E-state index in [1.165, 1.54) is 0 Å². The highest BCUT2D eigenvalue weighted by atomic mass is 35.5. The molecule has 1 fully saturated rings. The van der Waals surface area contributed by atoms with Gasteiger partial charge in [0.2, 0.25) is 0 Å². The molecule has 30 heavy (non-hydrogen) atoms. The fourth-order valence-electron chi connectivity index (χ4n) is 3.46. The van der Waals surface area contributed by atoms with E-state index in [0.29, 0.717) is 17.1 Å². The van der Waals surface area contributed by atoms with Crippen LogP contribution in [0, 0.1) is 28.6 Å². The summed E-state index contributed by atoms with van der Waals surface area (Å²) < 4.78 is 49.7. The lowest BCUT2D eigenvalue weighted by atomic mass is 10.1. The molecular weight excluding hydrogens is 415 g/mol. The Morgan fingerprint density at radius 3 is 2.47 bits per heavy atom. The van der Waals surface area contributed by atoms with Crippen LogP contribution in [-0.2, 0) is 4.74 Å². The van der Waals surface area contributed by atoms with E-state index in [2.05, 4.69) is 6.07 Å². The van der Waals surface area contributed by atoms with Crippen molar-refractivity contribution in [1.82, 2.24) is 0 Å². The molecule has 1 saturated carbocycles. The lowest BCUT2D eigenvalue weighted by Gasteiger charge is -2.13. The minimum Gasteiger partial charge on any atom is -0.457 e. The van der Waals surface area contributed by atoms with Crippen LogP contribution in [-0.4, -0.2) is 12.8 Å². The Kier molecular flexibility index (Phi) is 6.44. The van der Waals surface area contributed by atoms with Crippen LogP contribution in [0.2, 0.25) is 0 Å². The van der Waals surface area contributed by atoms with E-state index in [1.807, 2.05) is 44.2 Å². The first kappa shape index (κ1) is 22.2. The molecular formula is C23H21ClF3NO2. The van der Waals surface area contributed by atoms with Gasteiger partial charge in [-0.3, -0.25) is 0 Å². The number of halogens is 4. The molecule has 0 aromatic heterocycles. The van der Waals surface area contributed by atoms with Crippen molar-refractivity contribution in [2.75, 3.05) is 6.61 Å². The normalized spacial score (nSPS) is 21.6. The van der Waals surface area contributed by atoms with E-state index in [4.69, 9.17) is 21.1 Å². The summed E-state index contributed by atoms with van der Waals surface area (Å²) in [4.78, 5) is 0. The van der Waals surface area contributed by atoms with Gasteiger partial charge in [0, 0.05) is 0 Å². The second-order valence-corrected chi connectivity index (χ2v) is 8.20. The Hall–Kier alpha value is -2.49. The Bertz CT molecular complexity index is 951. The van der Waals surface area contributed by atoms with Crippen molar-refractivity contribution in [3.05, 3.63) is 71.3 Å². The van der Waals surface area contributed by atoms with Crippen LogP contribution in [0.25, 0.3) is 0 Å². The maximum atomic E-state index is 12.7. The van der Waals surface area contributed by atoms with E-state index in [0.717, 1.165) is 6.08 Å². The van der Waals surface area contributed by atoms with Crippen molar-refractivity contribution in [2.45, 2.75) is 26.1 Å². The first-order valence-corrected chi connectivity index (χ1v) is 9.79. The number of para-hydroxylation sites is 1. The molecule has 0 radical (unpaired) electrons. The summed E-state index contributed by atoms with van der Waals surface area (Å²) >= 11 is 5.38. The Balaban J connectivity index is 1.65. The second-order valence-electron chi connectivity index (χ2n) is 7.80. The third kappa shape index (κ3) is 5.16. The number of nitrogens with zero attached hydrogens (tertiary/aromatic N) is 1. The number of hydrogen-bond donors (Lipinski definition) is 0. The van der Waals surface area contributed by atoms with Crippen molar-refractivity contribution in [2.24, 2.45) is 17.3 Å². The van der Waals surface area contributed by atoms with Gasteiger partial charge in [0.15, 0.2) is 6.10 Å². The van der Waals surface area contributed by atoms with Gasteiger partial charge in [0.25, 0.3) is 0 Å². The van der Waals surface area contributed by atoms with Gasteiger partial charge in [0.05, 0.1) is 12.7 Å². The number of ether oxygens (including phenoxy) is 2. The minimum atomic E-state index is -4.56. The maximum Gasteiger partial charge on any atom is 0.426 e. The third-order valence-corrected chi connectivity index (χ3v) is 5.78. The van der Waals surface area contributed by atoms with Crippen molar-refractivity contribution >= 4 is 11.6 Å². The monoisotopic (exact) mass is 435 g/mol. The number of alkyl halides is 3. The predicted molar refractivity (Wildman–Crippen MR) is 108 cm³/mol. The summed E-state index contributed by atoms with van der Waals surface area (Å²) in [7, 11) is 0. The summed E-state index contributed by atoms with van der Waals surface area (Å²) in [6.45, 7) is 3.87. The molecule has 0 amide bonds. The number of benzene rings is 2. The minimum absolute atomic E-state index is 0.151. The van der Waals surface area contributed by atoms with Gasteiger partial charge < -0.3 is 9.47 Å². The van der Waals surface area contributed by atoms with Gasteiger partial charge in [-0.05, 0) is 47.1 Å². The van der Waals surface area contributed by atoms with E-state index >= 15 is 0 Å². The molecule has 0 spiro atoms. The van der Waals surface area contributed by atoms with Gasteiger partial charge in [-0.2, -0.15) is 18.4 Å². The zero-order chi connectivity index (χ0) is 21.9. The number of allylic oxidation sites excluding steroid dienone is 2. The lowest BCUT2D eigenvalue weighted by Crippen LogP contribution is -2.08. The number of rotatable bonds is 7. The molecule has 3 atom stereocenters. The van der Waals surface area contributed by atoms with E-state index < -0.39 is 17.3 Å². The molecule has 3 nitrogen and oxygen atoms in total. The quantitative estimate of drug-likeness (QED) is 0.469. The molecule has 0 heterocycles. The highest BCUT2D eigenvalue weighted by Crippen LogP contribution is 2.60. The van der Waals surface area contributed by atoms with Crippen LogP contribution in [0.15, 0.2) is 65.7 Å². The molecule has 2 aromatic rings. The Morgan fingerprint density at radius 2 is 1.83 bits per heavy atom. The summed E-state index contributed by atoms with van der Waals surface area (Å²) in [6, 6.07) is 18.3. The van der Waals surface area contributed by atoms with Crippen molar-refractivity contribution in [3.63, 3.8) is 0 Å². The van der Waals surface area contributed by atoms with Gasteiger partial charge in [-0.1, -0.05) is 61.9 Å². The average molecular weight is 436 g/mol. The second kappa shape index (κ2) is 8.71. The Morgan fingerprint density at radius 1 is 1.17 bits per heavy atom. The van der Waals surface area contributed by atoms with E-state index in [-0.39, 0.29) is 23.9 Å². The van der Waals surface area contributed by atoms with E-state index in [9.17, 15) is 18.4 Å². The molecule has 0 bridgehead atoms. The van der Waals surface area contributed by atoms with Crippen molar-refractivity contribution in [1.29, 1.82) is 5.26 Å². The summed E-state index contributed by atoms with van der Waals surface area (Å²) in [5.41, 5.74) is 0.230. The topological polar surface area (TPSA) is 42.2 Å². The van der Waals surface area contributed by atoms with Crippen LogP contribution in [0.1, 0.15) is 25.5 Å². The molecule has 7 heteroatoms. The number of hydrogen-bond acceptors (Lipinski definition) is 3. The smallest absolute Gasteiger partial charge is 0.426 e. The van der Waals surface area contributed by atoms with Crippen LogP contribution in [0.3, 0.4) is 0 Å². The molecule has 3 unspecified atom stereocenters. The molecule has 158 valence electrons. The SMILES string of the molecule is CC1(C)C(/C=C(\Cl)C(F)(F)F)C1COC(C#N)c1cccc(Oc2ccccc2)c1. The zero-order valence-electron chi connectivity index (χ0n) is 16.5. The van der Waals surface area contributed by atoms with Crippen LogP contribution in [0.4, 0.5) is 13.2 Å². The molecule has 0 saturated heterocycles. The first-order valence-electron chi connectivity index (χ1n) is 9.41. The molecule has 0 N–H and O–H groups in total. The standard InChI is InChI=1S/C23H21ClF3NO2/c1-22(2)18(12-21(24)23(25,26)27)19(22)14-29-20(13-28)15-7-6-10-17(11-15)30-16-8-4-3-5-9-16/h3-12,18-20H,14H2,1-2H3/b21-12-. The number of nitriles is 1. The largest absolute Gasteiger partial charge is 0.457 e. The highest BCUT2D eigenvalue weighted by Gasteiger charge is 2.57. The van der Waals surface area contributed by atoms with Gasteiger partial charge >= 0.3 is 6.18 Å². The third-order valence-electron chi connectivity index (χ3n) is 5.44. The fraction of sp³-hybridized carbons (Fsp3) is 0.348. The van der Waals surface area contributed by atoms with Crippen LogP contribution >= 0.6 is 11.6 Å². The van der Waals surface area contributed by atoms with Gasteiger partial charge in [-0.25, -0.2) is 0 Å². The lowest BCUT2D eigenvalue weighted by molar-refractivity contribution is -0.0848. The maximum absolute atomic E-state index is 12.7. The molecule has 0 aliphatic heterocycles.